The molecule has 5 aromatic rings. The van der Waals surface area contributed by atoms with Gasteiger partial charge < -0.3 is 0 Å². The highest BCUT2D eigenvalue weighted by molar-refractivity contribution is 6.05. The lowest BCUT2D eigenvalue weighted by Crippen LogP contribution is -1.99. The van der Waals surface area contributed by atoms with E-state index in [1.54, 1.807) is 0 Å². The molecular weight excluding hydrogens is 328 g/mol. The fraction of sp³-hybridized carbons (Fsp3) is 0. The molecule has 0 bridgehead atoms. The molecule has 0 aliphatic heterocycles. The zero-order chi connectivity index (χ0) is 18.1. The number of benzene rings is 3. The molecule has 0 fully saturated rings. The second-order valence-corrected chi connectivity index (χ2v) is 6.50. The van der Waals surface area contributed by atoms with Gasteiger partial charge in [-0.2, -0.15) is 0 Å². The molecule has 27 heavy (non-hydrogen) atoms. The van der Waals surface area contributed by atoms with Gasteiger partial charge in [0.2, 0.25) is 0 Å². The highest BCUT2D eigenvalue weighted by atomic mass is 15.1. The second-order valence-electron chi connectivity index (χ2n) is 6.50. The summed E-state index contributed by atoms with van der Waals surface area (Å²) in [5.74, 6) is 0.926. The van der Waals surface area contributed by atoms with Crippen molar-refractivity contribution < 1.29 is 0 Å². The molecule has 0 spiro atoms. The van der Waals surface area contributed by atoms with Crippen LogP contribution in [0, 0.1) is 0 Å². The van der Waals surface area contributed by atoms with Crippen molar-refractivity contribution in [2.75, 3.05) is 0 Å². The molecule has 0 unspecified atom stereocenters. The highest BCUT2D eigenvalue weighted by Gasteiger charge is 2.20. The SMILES string of the molecule is c1ccc(-c2c(-c3ccccc3)n(-c3ccccn3)c3ccccc23)cc1. The van der Waals surface area contributed by atoms with Crippen molar-refractivity contribution in [1.29, 1.82) is 0 Å². The Morgan fingerprint density at radius 2 is 1.19 bits per heavy atom. The van der Waals surface area contributed by atoms with Crippen LogP contribution in [-0.4, -0.2) is 9.55 Å². The number of hydrogen-bond donors (Lipinski definition) is 0. The Kier molecular flexibility index (Phi) is 3.80. The summed E-state index contributed by atoms with van der Waals surface area (Å²) in [5, 5.41) is 1.23. The van der Waals surface area contributed by atoms with Crippen molar-refractivity contribution in [2.45, 2.75) is 0 Å². The van der Waals surface area contributed by atoms with Gasteiger partial charge in [-0.1, -0.05) is 84.9 Å². The largest absolute Gasteiger partial charge is 0.293 e. The summed E-state index contributed by atoms with van der Waals surface area (Å²) >= 11 is 0. The van der Waals surface area contributed by atoms with Crippen molar-refractivity contribution >= 4 is 10.9 Å². The average Bonchev–Trinajstić information content (AvgIpc) is 3.11. The Morgan fingerprint density at radius 1 is 0.556 bits per heavy atom. The molecule has 2 nitrogen and oxygen atoms in total. The van der Waals surface area contributed by atoms with Gasteiger partial charge in [0.15, 0.2) is 0 Å². The zero-order valence-corrected chi connectivity index (χ0v) is 14.8. The van der Waals surface area contributed by atoms with Gasteiger partial charge in [0, 0.05) is 17.1 Å². The van der Waals surface area contributed by atoms with Gasteiger partial charge in [-0.25, -0.2) is 4.98 Å². The maximum absolute atomic E-state index is 4.66. The van der Waals surface area contributed by atoms with Gasteiger partial charge in [0.1, 0.15) is 5.82 Å². The van der Waals surface area contributed by atoms with Gasteiger partial charge in [0.25, 0.3) is 0 Å². The first-order valence-corrected chi connectivity index (χ1v) is 9.09. The van der Waals surface area contributed by atoms with Crippen molar-refractivity contribution in [2.24, 2.45) is 0 Å². The van der Waals surface area contributed by atoms with E-state index in [9.17, 15) is 0 Å². The topological polar surface area (TPSA) is 17.8 Å². The molecule has 0 radical (unpaired) electrons. The quantitative estimate of drug-likeness (QED) is 0.372. The smallest absolute Gasteiger partial charge is 0.137 e. The Morgan fingerprint density at radius 3 is 1.89 bits per heavy atom. The Labute approximate surface area is 158 Å². The lowest BCUT2D eigenvalue weighted by Gasteiger charge is -2.12. The van der Waals surface area contributed by atoms with Gasteiger partial charge in [-0.05, 0) is 29.3 Å². The average molecular weight is 346 g/mol. The summed E-state index contributed by atoms with van der Waals surface area (Å²) in [5.41, 5.74) is 5.96. The summed E-state index contributed by atoms with van der Waals surface area (Å²) in [7, 11) is 0. The first-order valence-electron chi connectivity index (χ1n) is 9.09. The molecule has 3 aromatic carbocycles. The fourth-order valence-electron chi connectivity index (χ4n) is 3.73. The predicted molar refractivity (Wildman–Crippen MR) is 112 cm³/mol. The van der Waals surface area contributed by atoms with Gasteiger partial charge in [0.05, 0.1) is 11.2 Å². The Balaban J connectivity index is 1.97. The third-order valence-electron chi connectivity index (χ3n) is 4.86. The highest BCUT2D eigenvalue weighted by Crippen LogP contribution is 2.42. The van der Waals surface area contributed by atoms with Crippen molar-refractivity contribution in [3.8, 4) is 28.2 Å². The molecule has 0 saturated heterocycles. The van der Waals surface area contributed by atoms with E-state index in [2.05, 4.69) is 101 Å². The number of rotatable bonds is 3. The molecule has 0 aliphatic rings. The molecule has 0 amide bonds. The van der Waals surface area contributed by atoms with E-state index in [0.717, 1.165) is 11.3 Å². The number of aromatic nitrogens is 2. The number of pyridine rings is 1. The molecule has 128 valence electrons. The van der Waals surface area contributed by atoms with Crippen LogP contribution in [0.1, 0.15) is 0 Å². The minimum Gasteiger partial charge on any atom is -0.293 e. The third-order valence-corrected chi connectivity index (χ3v) is 4.86. The molecule has 2 heteroatoms. The maximum atomic E-state index is 4.66. The van der Waals surface area contributed by atoms with E-state index >= 15 is 0 Å². The summed E-state index contributed by atoms with van der Waals surface area (Å²) < 4.78 is 2.27. The molecule has 2 heterocycles. The lowest BCUT2D eigenvalue weighted by atomic mass is 9.98. The fourth-order valence-corrected chi connectivity index (χ4v) is 3.73. The van der Waals surface area contributed by atoms with Crippen molar-refractivity contribution in [1.82, 2.24) is 9.55 Å². The minimum absolute atomic E-state index is 0.926. The van der Waals surface area contributed by atoms with Crippen molar-refractivity contribution in [3.63, 3.8) is 0 Å². The van der Waals surface area contributed by atoms with Gasteiger partial charge >= 0.3 is 0 Å². The molecule has 0 saturated carbocycles. The van der Waals surface area contributed by atoms with E-state index in [0.29, 0.717) is 0 Å². The Bertz CT molecular complexity index is 1110. The normalized spacial score (nSPS) is 11.0. The number of hydrogen-bond acceptors (Lipinski definition) is 1. The monoisotopic (exact) mass is 346 g/mol. The van der Waals surface area contributed by atoms with E-state index in [1.165, 1.54) is 27.8 Å². The molecular formula is C25H18N2. The van der Waals surface area contributed by atoms with Crippen molar-refractivity contribution in [3.05, 3.63) is 109 Å². The summed E-state index contributed by atoms with van der Waals surface area (Å²) in [6.45, 7) is 0. The van der Waals surface area contributed by atoms with E-state index in [4.69, 9.17) is 0 Å². The lowest BCUT2D eigenvalue weighted by molar-refractivity contribution is 1.05. The van der Waals surface area contributed by atoms with Crippen LogP contribution in [0.3, 0.4) is 0 Å². The summed E-state index contributed by atoms with van der Waals surface area (Å²) in [6.07, 6.45) is 1.85. The minimum atomic E-state index is 0.926. The standard InChI is InChI=1S/C25H18N2/c1-3-11-19(12-4-1)24-21-15-7-8-16-22(21)27(23-17-9-10-18-26-23)25(24)20-13-5-2-6-14-20/h1-18H. The van der Waals surface area contributed by atoms with Crippen LogP contribution in [-0.2, 0) is 0 Å². The first-order chi connectivity index (χ1) is 13.4. The molecule has 0 N–H and O–H groups in total. The zero-order valence-electron chi connectivity index (χ0n) is 14.8. The van der Waals surface area contributed by atoms with Gasteiger partial charge in [-0.15, -0.1) is 0 Å². The molecule has 0 aliphatic carbocycles. The molecule has 2 aromatic heterocycles. The van der Waals surface area contributed by atoms with E-state index < -0.39 is 0 Å². The van der Waals surface area contributed by atoms with Crippen LogP contribution in [0.15, 0.2) is 109 Å². The van der Waals surface area contributed by atoms with Gasteiger partial charge in [-0.3, -0.25) is 4.57 Å². The van der Waals surface area contributed by atoms with Crippen LogP contribution in [0.4, 0.5) is 0 Å². The molecule has 0 atom stereocenters. The Hall–Kier alpha value is -3.65. The number of para-hydroxylation sites is 1. The third kappa shape index (κ3) is 2.63. The summed E-state index contributed by atoms with van der Waals surface area (Å²) in [6, 6.07) is 35.8. The second kappa shape index (κ2) is 6.58. The first kappa shape index (κ1) is 15.6. The number of nitrogens with zero attached hydrogens (tertiary/aromatic N) is 2. The van der Waals surface area contributed by atoms with Crippen LogP contribution < -0.4 is 0 Å². The maximum Gasteiger partial charge on any atom is 0.137 e. The van der Waals surface area contributed by atoms with E-state index in [1.807, 2.05) is 18.3 Å². The predicted octanol–water partition coefficient (Wildman–Crippen LogP) is 6.36. The summed E-state index contributed by atoms with van der Waals surface area (Å²) in [4.78, 5) is 4.66. The van der Waals surface area contributed by atoms with E-state index in [-0.39, 0.29) is 0 Å². The van der Waals surface area contributed by atoms with Crippen LogP contribution >= 0.6 is 0 Å². The molecule has 5 rings (SSSR count). The van der Waals surface area contributed by atoms with Crippen LogP contribution in [0.2, 0.25) is 0 Å². The van der Waals surface area contributed by atoms with Crippen LogP contribution in [0.25, 0.3) is 39.1 Å². The number of fused-ring (bicyclic) bond motifs is 1. The van der Waals surface area contributed by atoms with Crippen LogP contribution in [0.5, 0.6) is 0 Å².